The second-order valence-electron chi connectivity index (χ2n) is 3.00. The Balaban J connectivity index is 2.94. The summed E-state index contributed by atoms with van der Waals surface area (Å²) in [6, 6.07) is 5.59. The van der Waals surface area contributed by atoms with Gasteiger partial charge in [-0.25, -0.2) is 0 Å². The smallest absolute Gasteiger partial charge is 0.221 e. The molecule has 0 unspecified atom stereocenters. The quantitative estimate of drug-likeness (QED) is 0.678. The van der Waals surface area contributed by atoms with Crippen molar-refractivity contribution in [1.82, 2.24) is 0 Å². The molecule has 0 spiro atoms. The van der Waals surface area contributed by atoms with Gasteiger partial charge in [-0.15, -0.1) is 0 Å². The predicted octanol–water partition coefficient (Wildman–Crippen LogP) is 1.79. The van der Waals surface area contributed by atoms with Crippen LogP contribution in [-0.2, 0) is 11.2 Å². The van der Waals surface area contributed by atoms with Gasteiger partial charge in [-0.1, -0.05) is 6.92 Å². The summed E-state index contributed by atoms with van der Waals surface area (Å²) >= 11 is 0. The molecular weight excluding hydrogens is 164 g/mol. The minimum Gasteiger partial charge on any atom is -0.399 e. The van der Waals surface area contributed by atoms with Crippen LogP contribution in [-0.4, -0.2) is 5.91 Å². The van der Waals surface area contributed by atoms with Gasteiger partial charge in [0.25, 0.3) is 0 Å². The highest BCUT2D eigenvalue weighted by atomic mass is 16.1. The molecule has 3 N–H and O–H groups in total. The van der Waals surface area contributed by atoms with Crippen LogP contribution in [0.5, 0.6) is 0 Å². The Morgan fingerprint density at radius 3 is 2.69 bits per heavy atom. The highest BCUT2D eigenvalue weighted by molar-refractivity contribution is 5.89. The average molecular weight is 178 g/mol. The Bertz CT molecular complexity index is 321. The van der Waals surface area contributed by atoms with E-state index in [2.05, 4.69) is 5.32 Å². The molecule has 0 saturated carbocycles. The second-order valence-corrected chi connectivity index (χ2v) is 3.00. The number of nitrogens with two attached hydrogens (primary N) is 1. The van der Waals surface area contributed by atoms with Gasteiger partial charge in [0.05, 0.1) is 0 Å². The van der Waals surface area contributed by atoms with E-state index >= 15 is 0 Å². The monoisotopic (exact) mass is 178 g/mol. The number of amides is 1. The lowest BCUT2D eigenvalue weighted by Gasteiger charge is -2.05. The van der Waals surface area contributed by atoms with Crippen LogP contribution < -0.4 is 11.1 Å². The summed E-state index contributed by atoms with van der Waals surface area (Å²) in [7, 11) is 0. The summed E-state index contributed by atoms with van der Waals surface area (Å²) in [5.41, 5.74) is 8.24. The van der Waals surface area contributed by atoms with Gasteiger partial charge in [0.1, 0.15) is 0 Å². The molecule has 0 aromatic heterocycles. The molecule has 0 heterocycles. The Morgan fingerprint density at radius 2 is 2.15 bits per heavy atom. The fourth-order valence-electron chi connectivity index (χ4n) is 1.20. The molecule has 0 bridgehead atoms. The number of rotatable bonds is 2. The van der Waals surface area contributed by atoms with Crippen LogP contribution in [0.25, 0.3) is 0 Å². The molecule has 3 nitrogen and oxygen atoms in total. The molecule has 0 aliphatic carbocycles. The van der Waals surface area contributed by atoms with Crippen molar-refractivity contribution in [3.63, 3.8) is 0 Å². The van der Waals surface area contributed by atoms with E-state index in [-0.39, 0.29) is 5.91 Å². The number of anilines is 2. The summed E-state index contributed by atoms with van der Waals surface area (Å²) in [5, 5.41) is 2.70. The van der Waals surface area contributed by atoms with Gasteiger partial charge in [-0.05, 0) is 30.2 Å². The zero-order valence-corrected chi connectivity index (χ0v) is 7.92. The van der Waals surface area contributed by atoms with Crippen molar-refractivity contribution >= 4 is 17.3 Å². The first-order chi connectivity index (χ1) is 6.11. The second kappa shape index (κ2) is 3.94. The molecule has 70 valence electrons. The molecule has 1 aromatic rings. The van der Waals surface area contributed by atoms with Crippen LogP contribution in [0.15, 0.2) is 18.2 Å². The van der Waals surface area contributed by atoms with Crippen molar-refractivity contribution in [3.05, 3.63) is 23.8 Å². The molecule has 0 aliphatic heterocycles. The molecule has 3 heteroatoms. The number of hydrogen-bond acceptors (Lipinski definition) is 2. The maximum absolute atomic E-state index is 10.8. The van der Waals surface area contributed by atoms with Gasteiger partial charge in [0.15, 0.2) is 0 Å². The first-order valence-electron chi connectivity index (χ1n) is 4.29. The number of aryl methyl sites for hydroxylation is 1. The van der Waals surface area contributed by atoms with E-state index in [1.165, 1.54) is 6.92 Å². The number of nitrogen functional groups attached to an aromatic ring is 1. The lowest BCUT2D eigenvalue weighted by atomic mass is 10.1. The lowest BCUT2D eigenvalue weighted by molar-refractivity contribution is -0.114. The minimum absolute atomic E-state index is 0.0762. The third-order valence-corrected chi connectivity index (χ3v) is 1.74. The van der Waals surface area contributed by atoms with Crippen molar-refractivity contribution in [2.45, 2.75) is 20.3 Å². The van der Waals surface area contributed by atoms with Crippen LogP contribution in [0.2, 0.25) is 0 Å². The van der Waals surface area contributed by atoms with Crippen LogP contribution in [0.4, 0.5) is 11.4 Å². The zero-order chi connectivity index (χ0) is 9.84. The Morgan fingerprint density at radius 1 is 1.46 bits per heavy atom. The summed E-state index contributed by atoms with van der Waals surface area (Å²) in [5.74, 6) is -0.0762. The van der Waals surface area contributed by atoms with E-state index in [1.54, 1.807) is 6.07 Å². The van der Waals surface area contributed by atoms with Gasteiger partial charge in [-0.2, -0.15) is 0 Å². The SMILES string of the molecule is CCc1cc(N)cc(NC(C)=O)c1. The van der Waals surface area contributed by atoms with Gasteiger partial charge >= 0.3 is 0 Å². The summed E-state index contributed by atoms with van der Waals surface area (Å²) in [4.78, 5) is 10.8. The summed E-state index contributed by atoms with van der Waals surface area (Å²) < 4.78 is 0. The van der Waals surface area contributed by atoms with Crippen molar-refractivity contribution in [2.75, 3.05) is 11.1 Å². The summed E-state index contributed by atoms with van der Waals surface area (Å²) in [6.45, 7) is 3.53. The van der Waals surface area contributed by atoms with Crippen LogP contribution >= 0.6 is 0 Å². The zero-order valence-electron chi connectivity index (χ0n) is 7.92. The largest absolute Gasteiger partial charge is 0.399 e. The topological polar surface area (TPSA) is 55.1 Å². The van der Waals surface area contributed by atoms with Crippen molar-refractivity contribution in [2.24, 2.45) is 0 Å². The van der Waals surface area contributed by atoms with Crippen molar-refractivity contribution < 1.29 is 4.79 Å². The maximum Gasteiger partial charge on any atom is 0.221 e. The molecule has 1 rings (SSSR count). The molecule has 0 aliphatic rings. The van der Waals surface area contributed by atoms with Gasteiger partial charge in [-0.3, -0.25) is 4.79 Å². The molecule has 1 aromatic carbocycles. The fourth-order valence-corrected chi connectivity index (χ4v) is 1.20. The number of carbonyl (C=O) groups is 1. The van der Waals surface area contributed by atoms with E-state index in [1.807, 2.05) is 19.1 Å². The van der Waals surface area contributed by atoms with Crippen LogP contribution in [0.3, 0.4) is 0 Å². The molecule has 0 atom stereocenters. The Kier molecular flexibility index (Phi) is 2.90. The predicted molar refractivity (Wildman–Crippen MR) is 54.5 cm³/mol. The van der Waals surface area contributed by atoms with Gasteiger partial charge < -0.3 is 11.1 Å². The Hall–Kier alpha value is -1.51. The molecule has 0 radical (unpaired) electrons. The normalized spacial score (nSPS) is 9.69. The van der Waals surface area contributed by atoms with Gasteiger partial charge in [0.2, 0.25) is 5.91 Å². The number of nitrogens with one attached hydrogen (secondary N) is 1. The van der Waals surface area contributed by atoms with Gasteiger partial charge in [0, 0.05) is 18.3 Å². The van der Waals surface area contributed by atoms with Crippen LogP contribution in [0, 0.1) is 0 Å². The van der Waals surface area contributed by atoms with Crippen molar-refractivity contribution in [3.8, 4) is 0 Å². The van der Waals surface area contributed by atoms with E-state index in [4.69, 9.17) is 5.73 Å². The molecule has 1 amide bonds. The van der Waals surface area contributed by atoms with Crippen molar-refractivity contribution in [1.29, 1.82) is 0 Å². The third-order valence-electron chi connectivity index (χ3n) is 1.74. The fraction of sp³-hybridized carbons (Fsp3) is 0.300. The highest BCUT2D eigenvalue weighted by Gasteiger charge is 1.98. The van der Waals surface area contributed by atoms with Crippen LogP contribution in [0.1, 0.15) is 19.4 Å². The number of carbonyl (C=O) groups excluding carboxylic acids is 1. The first kappa shape index (κ1) is 9.58. The lowest BCUT2D eigenvalue weighted by Crippen LogP contribution is -2.06. The standard InChI is InChI=1S/C10H14N2O/c1-3-8-4-9(11)6-10(5-8)12-7(2)13/h4-6H,3,11H2,1-2H3,(H,12,13). The minimum atomic E-state index is -0.0762. The Labute approximate surface area is 77.9 Å². The maximum atomic E-state index is 10.8. The summed E-state index contributed by atoms with van der Waals surface area (Å²) in [6.07, 6.45) is 0.914. The molecule has 0 fully saturated rings. The third kappa shape index (κ3) is 2.78. The van der Waals surface area contributed by atoms with E-state index in [0.29, 0.717) is 5.69 Å². The highest BCUT2D eigenvalue weighted by Crippen LogP contribution is 2.16. The molecule has 0 saturated heterocycles. The first-order valence-corrected chi connectivity index (χ1v) is 4.29. The molecule has 13 heavy (non-hydrogen) atoms. The van der Waals surface area contributed by atoms with E-state index < -0.39 is 0 Å². The average Bonchev–Trinajstić information content (AvgIpc) is 2.01. The van der Waals surface area contributed by atoms with E-state index in [9.17, 15) is 4.79 Å². The number of hydrogen-bond donors (Lipinski definition) is 2. The number of benzene rings is 1. The van der Waals surface area contributed by atoms with E-state index in [0.717, 1.165) is 17.7 Å². The molecular formula is C10H14N2O.